The van der Waals surface area contributed by atoms with Gasteiger partial charge in [-0.25, -0.2) is 8.78 Å². The van der Waals surface area contributed by atoms with Gasteiger partial charge in [0.25, 0.3) is 0 Å². The maximum Gasteiger partial charge on any atom is 0.310 e. The maximum atomic E-state index is 13.6. The van der Waals surface area contributed by atoms with E-state index in [4.69, 9.17) is 5.11 Å². The Morgan fingerprint density at radius 1 is 1.00 bits per heavy atom. The minimum Gasteiger partial charge on any atom is -0.481 e. The van der Waals surface area contributed by atoms with Crippen LogP contribution in [0.15, 0.2) is 66.4 Å². The molecule has 1 heterocycles. The highest BCUT2D eigenvalue weighted by Gasteiger charge is 2.26. The van der Waals surface area contributed by atoms with Crippen LogP contribution >= 0.6 is 0 Å². The molecule has 0 spiro atoms. The fraction of sp³-hybridized carbons (Fsp3) is 0.240. The summed E-state index contributed by atoms with van der Waals surface area (Å²) in [5.74, 6) is -2.96. The maximum absolute atomic E-state index is 13.6. The zero-order chi connectivity index (χ0) is 24.0. The van der Waals surface area contributed by atoms with Crippen molar-refractivity contribution in [1.29, 1.82) is 0 Å². The molecule has 1 atom stereocenters. The first-order chi connectivity index (χ1) is 15.7. The lowest BCUT2D eigenvalue weighted by atomic mass is 9.94. The van der Waals surface area contributed by atoms with Crippen LogP contribution in [0.25, 0.3) is 5.57 Å². The van der Waals surface area contributed by atoms with Gasteiger partial charge in [0, 0.05) is 25.0 Å². The van der Waals surface area contributed by atoms with Gasteiger partial charge in [-0.3, -0.25) is 14.4 Å². The first kappa shape index (κ1) is 24.0. The number of aliphatic hydroxyl groups is 1. The molecule has 2 aromatic rings. The number of aliphatic carboxylic acids is 1. The van der Waals surface area contributed by atoms with Crippen molar-refractivity contribution < 1.29 is 33.4 Å². The summed E-state index contributed by atoms with van der Waals surface area (Å²) >= 11 is 0. The number of amides is 1. The van der Waals surface area contributed by atoms with Crippen molar-refractivity contribution in [3.8, 4) is 0 Å². The van der Waals surface area contributed by atoms with Gasteiger partial charge in [0.1, 0.15) is 23.8 Å². The van der Waals surface area contributed by atoms with Gasteiger partial charge < -0.3 is 15.1 Å². The topological polar surface area (TPSA) is 94.9 Å². The Hall–Kier alpha value is -3.65. The van der Waals surface area contributed by atoms with E-state index >= 15 is 0 Å². The molecule has 0 bridgehead atoms. The van der Waals surface area contributed by atoms with Gasteiger partial charge in [-0.2, -0.15) is 0 Å². The third-order valence-electron chi connectivity index (χ3n) is 5.15. The van der Waals surface area contributed by atoms with Crippen molar-refractivity contribution >= 4 is 23.2 Å². The second-order valence-corrected chi connectivity index (χ2v) is 7.66. The van der Waals surface area contributed by atoms with E-state index in [9.17, 15) is 28.3 Å². The molecular weight excluding hydrogens is 432 g/mol. The molecule has 1 unspecified atom stereocenters. The molecule has 8 heteroatoms. The third-order valence-corrected chi connectivity index (χ3v) is 5.15. The fourth-order valence-electron chi connectivity index (χ4n) is 3.65. The van der Waals surface area contributed by atoms with E-state index in [1.807, 2.05) is 0 Å². The highest BCUT2D eigenvalue weighted by Crippen LogP contribution is 2.32. The number of ketones is 1. The first-order valence-electron chi connectivity index (χ1n) is 10.4. The van der Waals surface area contributed by atoms with Crippen molar-refractivity contribution in [2.24, 2.45) is 0 Å². The molecule has 1 fully saturated rings. The van der Waals surface area contributed by atoms with Crippen molar-refractivity contribution in [3.63, 3.8) is 0 Å². The monoisotopic (exact) mass is 455 g/mol. The number of carbonyl (C=O) groups is 3. The standard InChI is InChI=1S/C25H23F2NO5/c26-18-7-3-16(4-8-18)25(17-5-9-19(27)10-6-17)22(28-13-1-2-23(28)31)12-11-20(29)14-21(30)15-24(32)33/h3-12,20,29H,1-2,13-15H2,(H,32,33). The predicted molar refractivity (Wildman–Crippen MR) is 117 cm³/mol. The fourth-order valence-corrected chi connectivity index (χ4v) is 3.65. The number of rotatable bonds is 9. The molecule has 6 nitrogen and oxygen atoms in total. The van der Waals surface area contributed by atoms with Crippen LogP contribution in [0.4, 0.5) is 8.78 Å². The van der Waals surface area contributed by atoms with Crippen molar-refractivity contribution in [2.45, 2.75) is 31.8 Å². The van der Waals surface area contributed by atoms with Gasteiger partial charge in [0.2, 0.25) is 5.91 Å². The quantitative estimate of drug-likeness (QED) is 0.444. The number of aliphatic hydroxyl groups excluding tert-OH is 1. The van der Waals surface area contributed by atoms with E-state index in [0.29, 0.717) is 41.8 Å². The van der Waals surface area contributed by atoms with Gasteiger partial charge >= 0.3 is 5.97 Å². The minimum absolute atomic E-state index is 0.146. The number of likely N-dealkylation sites (tertiary alicyclic amines) is 1. The van der Waals surface area contributed by atoms with Crippen LogP contribution in [-0.2, 0) is 14.4 Å². The molecule has 0 radical (unpaired) electrons. The van der Waals surface area contributed by atoms with Crippen molar-refractivity contribution in [2.75, 3.05) is 6.54 Å². The van der Waals surface area contributed by atoms with Crippen LogP contribution in [0, 0.1) is 11.6 Å². The lowest BCUT2D eigenvalue weighted by Crippen LogP contribution is -2.25. The van der Waals surface area contributed by atoms with Gasteiger partial charge in [-0.15, -0.1) is 0 Å². The predicted octanol–water partition coefficient (Wildman–Crippen LogP) is 3.70. The van der Waals surface area contributed by atoms with Crippen molar-refractivity contribution in [1.82, 2.24) is 4.90 Å². The highest BCUT2D eigenvalue weighted by atomic mass is 19.1. The van der Waals surface area contributed by atoms with Gasteiger partial charge in [0.05, 0.1) is 11.8 Å². The van der Waals surface area contributed by atoms with Crippen LogP contribution in [-0.4, -0.2) is 45.4 Å². The molecule has 0 aromatic heterocycles. The van der Waals surface area contributed by atoms with Crippen LogP contribution in [0.2, 0.25) is 0 Å². The highest BCUT2D eigenvalue weighted by molar-refractivity contribution is 5.95. The lowest BCUT2D eigenvalue weighted by molar-refractivity contribution is -0.140. The number of hydrogen-bond acceptors (Lipinski definition) is 4. The van der Waals surface area contributed by atoms with Crippen LogP contribution in [0.5, 0.6) is 0 Å². The summed E-state index contributed by atoms with van der Waals surface area (Å²) < 4.78 is 27.2. The summed E-state index contributed by atoms with van der Waals surface area (Å²) in [7, 11) is 0. The normalized spacial score (nSPS) is 14.5. The van der Waals surface area contributed by atoms with Gasteiger partial charge in [0.15, 0.2) is 0 Å². The van der Waals surface area contributed by atoms with Crippen LogP contribution in [0.1, 0.15) is 36.8 Å². The number of carbonyl (C=O) groups excluding carboxylic acids is 2. The molecule has 1 aliphatic heterocycles. The molecule has 1 aliphatic rings. The molecule has 0 saturated carbocycles. The number of nitrogens with zero attached hydrogens (tertiary/aromatic N) is 1. The number of carboxylic acids is 1. The smallest absolute Gasteiger partial charge is 0.310 e. The second-order valence-electron chi connectivity index (χ2n) is 7.66. The van der Waals surface area contributed by atoms with Crippen molar-refractivity contribution in [3.05, 3.63) is 89.1 Å². The largest absolute Gasteiger partial charge is 0.481 e. The number of benzene rings is 2. The number of carboxylic acid groups (broad SMARTS) is 1. The number of allylic oxidation sites excluding steroid dienone is 1. The molecule has 1 amide bonds. The van der Waals surface area contributed by atoms with Crippen LogP contribution in [0.3, 0.4) is 0 Å². The van der Waals surface area contributed by atoms with E-state index in [1.165, 1.54) is 65.6 Å². The molecule has 0 aliphatic carbocycles. The first-order valence-corrected chi connectivity index (χ1v) is 10.4. The van der Waals surface area contributed by atoms with E-state index < -0.39 is 42.3 Å². The molecule has 2 aromatic carbocycles. The molecule has 172 valence electrons. The van der Waals surface area contributed by atoms with E-state index in [-0.39, 0.29) is 5.91 Å². The van der Waals surface area contributed by atoms with Gasteiger partial charge in [-0.05, 0) is 47.9 Å². The Morgan fingerprint density at radius 3 is 2.00 bits per heavy atom. The summed E-state index contributed by atoms with van der Waals surface area (Å²) in [6.07, 6.45) is 1.39. The summed E-state index contributed by atoms with van der Waals surface area (Å²) in [5.41, 5.74) is 2.06. The number of Topliss-reactive ketones (excluding diaryl/α,β-unsaturated/α-hetero) is 1. The Morgan fingerprint density at radius 2 is 1.55 bits per heavy atom. The van der Waals surface area contributed by atoms with Crippen LogP contribution < -0.4 is 0 Å². The van der Waals surface area contributed by atoms with E-state index in [2.05, 4.69) is 0 Å². The third kappa shape index (κ3) is 6.43. The lowest BCUT2D eigenvalue weighted by Gasteiger charge is -2.23. The zero-order valence-corrected chi connectivity index (χ0v) is 17.7. The Balaban J connectivity index is 2.10. The molecule has 33 heavy (non-hydrogen) atoms. The average Bonchev–Trinajstić information content (AvgIpc) is 3.18. The Bertz CT molecular complexity index is 1040. The number of halogens is 2. The molecule has 2 N–H and O–H groups in total. The molecular formula is C25H23F2NO5. The van der Waals surface area contributed by atoms with Gasteiger partial charge in [-0.1, -0.05) is 30.3 Å². The Kier molecular flexibility index (Phi) is 7.84. The average molecular weight is 455 g/mol. The summed E-state index contributed by atoms with van der Waals surface area (Å²) in [6, 6.07) is 11.2. The Labute approximate surface area is 189 Å². The second kappa shape index (κ2) is 10.8. The van der Waals surface area contributed by atoms with E-state index in [0.717, 1.165) is 0 Å². The minimum atomic E-state index is -1.28. The molecule has 3 rings (SSSR count). The molecule has 1 saturated heterocycles. The summed E-state index contributed by atoms with van der Waals surface area (Å²) in [6.45, 7) is 0.415. The summed E-state index contributed by atoms with van der Waals surface area (Å²) in [4.78, 5) is 36.6. The summed E-state index contributed by atoms with van der Waals surface area (Å²) in [5, 5.41) is 19.0. The number of hydrogen-bond donors (Lipinski definition) is 2. The zero-order valence-electron chi connectivity index (χ0n) is 17.7. The van der Waals surface area contributed by atoms with E-state index in [1.54, 1.807) is 0 Å². The SMILES string of the molecule is O=C(O)CC(=O)CC(O)C=CC(=C(c1ccc(F)cc1)c1ccc(F)cc1)N1CCCC1=O.